The van der Waals surface area contributed by atoms with Crippen LogP contribution in [-0.4, -0.2) is 30.1 Å². The van der Waals surface area contributed by atoms with Gasteiger partial charge in [-0.15, -0.1) is 0 Å². The van der Waals surface area contributed by atoms with E-state index in [0.717, 1.165) is 12.5 Å². The molecule has 0 saturated heterocycles. The van der Waals surface area contributed by atoms with Crippen LogP contribution in [0.5, 0.6) is 0 Å². The summed E-state index contributed by atoms with van der Waals surface area (Å²) in [5.74, 6) is 0.790. The first-order valence-electron chi connectivity index (χ1n) is 6.42. The molecule has 1 fully saturated rings. The van der Waals surface area contributed by atoms with E-state index >= 15 is 0 Å². The van der Waals surface area contributed by atoms with Crippen LogP contribution in [0.3, 0.4) is 0 Å². The zero-order chi connectivity index (χ0) is 11.5. The summed E-state index contributed by atoms with van der Waals surface area (Å²) in [4.78, 5) is 2.47. The van der Waals surface area contributed by atoms with E-state index in [-0.39, 0.29) is 5.54 Å². The Labute approximate surface area is 95.2 Å². The lowest BCUT2D eigenvalue weighted by atomic mass is 9.75. The third-order valence-electron chi connectivity index (χ3n) is 3.88. The van der Waals surface area contributed by atoms with E-state index in [4.69, 9.17) is 5.73 Å². The second kappa shape index (κ2) is 5.31. The average Bonchev–Trinajstić information content (AvgIpc) is 2.10. The van der Waals surface area contributed by atoms with Gasteiger partial charge in [-0.2, -0.15) is 0 Å². The quantitative estimate of drug-likeness (QED) is 0.733. The van der Waals surface area contributed by atoms with E-state index in [1.165, 1.54) is 32.1 Å². The van der Waals surface area contributed by atoms with Gasteiger partial charge in [0.25, 0.3) is 0 Å². The van der Waals surface area contributed by atoms with E-state index in [1.54, 1.807) is 0 Å². The second-order valence-corrected chi connectivity index (χ2v) is 5.93. The van der Waals surface area contributed by atoms with Gasteiger partial charge in [-0.25, -0.2) is 0 Å². The highest BCUT2D eigenvalue weighted by molar-refractivity contribution is 4.93. The van der Waals surface area contributed by atoms with Crippen LogP contribution >= 0.6 is 0 Å². The molecule has 2 heteroatoms. The van der Waals surface area contributed by atoms with Crippen LogP contribution in [0, 0.1) is 5.92 Å². The summed E-state index contributed by atoms with van der Waals surface area (Å²) in [5.41, 5.74) is 6.41. The Morgan fingerprint density at radius 2 is 1.87 bits per heavy atom. The molecule has 15 heavy (non-hydrogen) atoms. The maximum absolute atomic E-state index is 6.23. The molecule has 1 aliphatic carbocycles. The van der Waals surface area contributed by atoms with Crippen molar-refractivity contribution in [2.75, 3.05) is 13.6 Å². The Kier molecular flexibility index (Phi) is 4.60. The lowest BCUT2D eigenvalue weighted by Crippen LogP contribution is -2.49. The molecule has 1 saturated carbocycles. The molecule has 0 aromatic heterocycles. The topological polar surface area (TPSA) is 29.3 Å². The molecule has 0 heterocycles. The molecule has 2 nitrogen and oxygen atoms in total. The van der Waals surface area contributed by atoms with Gasteiger partial charge in [0.2, 0.25) is 0 Å². The molecule has 0 amide bonds. The van der Waals surface area contributed by atoms with Gasteiger partial charge in [0.15, 0.2) is 0 Å². The molecule has 0 bridgehead atoms. The van der Waals surface area contributed by atoms with Crippen LogP contribution in [0.25, 0.3) is 0 Å². The van der Waals surface area contributed by atoms with Crippen molar-refractivity contribution in [1.29, 1.82) is 0 Å². The predicted octanol–water partition coefficient (Wildman–Crippen LogP) is 2.62. The van der Waals surface area contributed by atoms with E-state index in [0.29, 0.717) is 6.04 Å². The van der Waals surface area contributed by atoms with E-state index in [1.807, 2.05) is 0 Å². The van der Waals surface area contributed by atoms with Crippen molar-refractivity contribution in [2.45, 2.75) is 64.5 Å². The van der Waals surface area contributed by atoms with Gasteiger partial charge in [-0.05, 0) is 58.5 Å². The predicted molar refractivity (Wildman–Crippen MR) is 66.9 cm³/mol. The van der Waals surface area contributed by atoms with Gasteiger partial charge < -0.3 is 10.6 Å². The van der Waals surface area contributed by atoms with Crippen molar-refractivity contribution in [1.82, 2.24) is 4.90 Å². The third-order valence-corrected chi connectivity index (χ3v) is 3.88. The molecule has 90 valence electrons. The molecule has 1 aliphatic rings. The van der Waals surface area contributed by atoms with Gasteiger partial charge in [-0.1, -0.05) is 13.8 Å². The summed E-state index contributed by atoms with van der Waals surface area (Å²) in [6.07, 6.45) is 6.26. The average molecular weight is 212 g/mol. The lowest BCUT2D eigenvalue weighted by Gasteiger charge is -2.40. The van der Waals surface area contributed by atoms with Crippen LogP contribution in [0.15, 0.2) is 0 Å². The highest BCUT2D eigenvalue weighted by Crippen LogP contribution is 2.32. The maximum Gasteiger partial charge on any atom is 0.0166 e. The molecular weight excluding hydrogens is 184 g/mol. The summed E-state index contributed by atoms with van der Waals surface area (Å²) in [7, 11) is 2.23. The Morgan fingerprint density at radius 1 is 1.27 bits per heavy atom. The van der Waals surface area contributed by atoms with Crippen molar-refractivity contribution in [3.8, 4) is 0 Å². The molecule has 0 aliphatic heterocycles. The first kappa shape index (κ1) is 13.0. The number of nitrogens with two attached hydrogens (primary N) is 1. The molecule has 1 atom stereocenters. The van der Waals surface area contributed by atoms with Crippen molar-refractivity contribution < 1.29 is 0 Å². The fraction of sp³-hybridized carbons (Fsp3) is 1.00. The van der Waals surface area contributed by atoms with Crippen LogP contribution in [0.4, 0.5) is 0 Å². The number of hydrogen-bond donors (Lipinski definition) is 1. The van der Waals surface area contributed by atoms with Gasteiger partial charge in [0.05, 0.1) is 0 Å². The smallest absolute Gasteiger partial charge is 0.0166 e. The number of hydrogen-bond acceptors (Lipinski definition) is 2. The Bertz CT molecular complexity index is 185. The first-order valence-corrected chi connectivity index (χ1v) is 6.42. The Hall–Kier alpha value is -0.0800. The summed E-state index contributed by atoms with van der Waals surface area (Å²) in [6, 6.07) is 0.689. The highest BCUT2D eigenvalue weighted by Gasteiger charge is 2.32. The molecule has 1 rings (SSSR count). The normalized spacial score (nSPS) is 21.8. The molecule has 0 aromatic carbocycles. The third kappa shape index (κ3) is 4.12. The van der Waals surface area contributed by atoms with Crippen molar-refractivity contribution in [3.63, 3.8) is 0 Å². The fourth-order valence-corrected chi connectivity index (χ4v) is 2.36. The molecule has 0 radical (unpaired) electrons. The molecule has 1 unspecified atom stereocenters. The zero-order valence-corrected chi connectivity index (χ0v) is 10.9. The van der Waals surface area contributed by atoms with E-state index < -0.39 is 0 Å². The zero-order valence-electron chi connectivity index (χ0n) is 10.9. The SMILES string of the molecule is CC(C)CC(C)N(C)CCC1(N)CCC1. The summed E-state index contributed by atoms with van der Waals surface area (Å²) >= 11 is 0. The molecular formula is C13H28N2. The van der Waals surface area contributed by atoms with Gasteiger partial charge in [-0.3, -0.25) is 0 Å². The van der Waals surface area contributed by atoms with E-state index in [2.05, 4.69) is 32.7 Å². The minimum atomic E-state index is 0.186. The first-order chi connectivity index (χ1) is 6.93. The Balaban J connectivity index is 2.19. The van der Waals surface area contributed by atoms with Gasteiger partial charge >= 0.3 is 0 Å². The minimum Gasteiger partial charge on any atom is -0.325 e. The summed E-state index contributed by atoms with van der Waals surface area (Å²) < 4.78 is 0. The molecule has 2 N–H and O–H groups in total. The van der Waals surface area contributed by atoms with Crippen LogP contribution in [0.2, 0.25) is 0 Å². The molecule has 0 spiro atoms. The highest BCUT2D eigenvalue weighted by atomic mass is 15.1. The summed E-state index contributed by atoms with van der Waals surface area (Å²) in [5, 5.41) is 0. The van der Waals surface area contributed by atoms with Crippen molar-refractivity contribution in [2.24, 2.45) is 11.7 Å². The minimum absolute atomic E-state index is 0.186. The van der Waals surface area contributed by atoms with Crippen molar-refractivity contribution >= 4 is 0 Å². The van der Waals surface area contributed by atoms with Crippen LogP contribution in [0.1, 0.15) is 52.9 Å². The van der Waals surface area contributed by atoms with Crippen LogP contribution < -0.4 is 5.73 Å². The number of rotatable bonds is 6. The fourth-order valence-electron chi connectivity index (χ4n) is 2.36. The number of nitrogens with zero attached hydrogens (tertiary/aromatic N) is 1. The standard InChI is InChI=1S/C13H28N2/c1-11(2)10-12(3)15(4)9-8-13(14)6-5-7-13/h11-12H,5-10,14H2,1-4H3. The largest absolute Gasteiger partial charge is 0.325 e. The van der Waals surface area contributed by atoms with Crippen LogP contribution in [-0.2, 0) is 0 Å². The monoisotopic (exact) mass is 212 g/mol. The Morgan fingerprint density at radius 3 is 2.27 bits per heavy atom. The van der Waals surface area contributed by atoms with Gasteiger partial charge in [0, 0.05) is 11.6 Å². The maximum atomic E-state index is 6.23. The summed E-state index contributed by atoms with van der Waals surface area (Å²) in [6.45, 7) is 8.07. The molecule has 0 aromatic rings. The second-order valence-electron chi connectivity index (χ2n) is 5.93. The lowest BCUT2D eigenvalue weighted by molar-refractivity contribution is 0.166. The van der Waals surface area contributed by atoms with Gasteiger partial charge in [0.1, 0.15) is 0 Å². The van der Waals surface area contributed by atoms with Crippen molar-refractivity contribution in [3.05, 3.63) is 0 Å². The van der Waals surface area contributed by atoms with E-state index in [9.17, 15) is 0 Å².